The summed E-state index contributed by atoms with van der Waals surface area (Å²) in [6, 6.07) is 7.06. The molecule has 1 aromatic carbocycles. The summed E-state index contributed by atoms with van der Waals surface area (Å²) in [5.74, 6) is -0.911. The molecule has 170 valence electrons. The van der Waals surface area contributed by atoms with Crippen molar-refractivity contribution in [2.75, 3.05) is 5.32 Å². The third kappa shape index (κ3) is 6.08. The summed E-state index contributed by atoms with van der Waals surface area (Å²) in [6.45, 7) is 6.85. The maximum absolute atomic E-state index is 12.7. The Balaban J connectivity index is 1.53. The Hall–Kier alpha value is -2.37. The number of rotatable bonds is 6. The number of carbonyl (C=O) groups is 3. The second-order valence-electron chi connectivity index (χ2n) is 9.82. The Morgan fingerprint density at radius 3 is 2.13 bits per heavy atom. The van der Waals surface area contributed by atoms with Gasteiger partial charge in [-0.05, 0) is 62.0 Å². The van der Waals surface area contributed by atoms with Crippen molar-refractivity contribution in [3.8, 4) is 0 Å². The molecule has 0 aromatic heterocycles. The van der Waals surface area contributed by atoms with Gasteiger partial charge in [0.1, 0.15) is 0 Å². The van der Waals surface area contributed by atoms with Gasteiger partial charge in [0.15, 0.2) is 0 Å². The van der Waals surface area contributed by atoms with Crippen LogP contribution in [0.4, 0.5) is 5.69 Å². The zero-order valence-electron chi connectivity index (χ0n) is 19.1. The van der Waals surface area contributed by atoms with Gasteiger partial charge in [-0.1, -0.05) is 52.2 Å². The molecular weight excluding hydrogens is 390 g/mol. The summed E-state index contributed by atoms with van der Waals surface area (Å²) in [7, 11) is 0. The first kappa shape index (κ1) is 23.3. The molecule has 6 heteroatoms. The van der Waals surface area contributed by atoms with E-state index >= 15 is 0 Å². The summed E-state index contributed by atoms with van der Waals surface area (Å²) in [4.78, 5) is 37.7. The second kappa shape index (κ2) is 10.3. The van der Waals surface area contributed by atoms with Crippen molar-refractivity contribution in [1.29, 1.82) is 0 Å². The third-order valence-electron chi connectivity index (χ3n) is 7.40. The van der Waals surface area contributed by atoms with E-state index in [9.17, 15) is 14.4 Å². The van der Waals surface area contributed by atoms with Gasteiger partial charge in [0.2, 0.25) is 0 Å². The average molecular weight is 428 g/mol. The Kier molecular flexibility index (Phi) is 7.74. The highest BCUT2D eigenvalue weighted by atomic mass is 16.2. The fraction of sp³-hybridized carbons (Fsp3) is 0.640. The molecular formula is C25H37N3O3. The second-order valence-corrected chi connectivity index (χ2v) is 9.82. The van der Waals surface area contributed by atoms with Gasteiger partial charge >= 0.3 is 11.8 Å². The maximum Gasteiger partial charge on any atom is 0.313 e. The van der Waals surface area contributed by atoms with Gasteiger partial charge in [0, 0.05) is 12.1 Å². The summed E-state index contributed by atoms with van der Waals surface area (Å²) in [5.41, 5.74) is 1.07. The summed E-state index contributed by atoms with van der Waals surface area (Å²) < 4.78 is 0. The highest BCUT2D eigenvalue weighted by Gasteiger charge is 2.33. The van der Waals surface area contributed by atoms with Gasteiger partial charge in [0.25, 0.3) is 5.91 Å². The topological polar surface area (TPSA) is 87.3 Å². The molecule has 0 atom stereocenters. The summed E-state index contributed by atoms with van der Waals surface area (Å²) in [5, 5.41) is 8.55. The molecule has 0 saturated heterocycles. The largest absolute Gasteiger partial charge is 0.349 e. The lowest BCUT2D eigenvalue weighted by atomic mass is 9.69. The number of anilines is 1. The van der Waals surface area contributed by atoms with Crippen molar-refractivity contribution in [1.82, 2.24) is 10.6 Å². The molecule has 31 heavy (non-hydrogen) atoms. The van der Waals surface area contributed by atoms with Crippen LogP contribution >= 0.6 is 0 Å². The molecule has 0 spiro atoms. The van der Waals surface area contributed by atoms with E-state index in [1.807, 2.05) is 0 Å². The summed E-state index contributed by atoms with van der Waals surface area (Å²) >= 11 is 0. The Labute approximate surface area is 185 Å². The molecule has 3 rings (SSSR count). The molecule has 3 amide bonds. The van der Waals surface area contributed by atoms with E-state index in [0.29, 0.717) is 22.6 Å². The van der Waals surface area contributed by atoms with Gasteiger partial charge in [-0.3, -0.25) is 14.4 Å². The molecule has 6 nitrogen and oxygen atoms in total. The van der Waals surface area contributed by atoms with Crippen LogP contribution in [0.5, 0.6) is 0 Å². The van der Waals surface area contributed by atoms with E-state index in [2.05, 4.69) is 36.7 Å². The van der Waals surface area contributed by atoms with Crippen LogP contribution in [0.3, 0.4) is 0 Å². The van der Waals surface area contributed by atoms with Crippen molar-refractivity contribution >= 4 is 23.4 Å². The zero-order chi connectivity index (χ0) is 22.4. The first-order valence-corrected chi connectivity index (χ1v) is 11.8. The van der Waals surface area contributed by atoms with E-state index in [1.165, 1.54) is 0 Å². The number of para-hydroxylation sites is 1. The van der Waals surface area contributed by atoms with Crippen LogP contribution in [0.25, 0.3) is 0 Å². The molecule has 1 aromatic rings. The van der Waals surface area contributed by atoms with Gasteiger partial charge in [0.05, 0.1) is 11.3 Å². The average Bonchev–Trinajstić information content (AvgIpc) is 3.27. The van der Waals surface area contributed by atoms with E-state index in [4.69, 9.17) is 0 Å². The maximum atomic E-state index is 12.7. The van der Waals surface area contributed by atoms with Gasteiger partial charge in [-0.2, -0.15) is 0 Å². The van der Waals surface area contributed by atoms with Crippen LogP contribution in [-0.2, 0) is 9.59 Å². The van der Waals surface area contributed by atoms with E-state index in [1.54, 1.807) is 24.3 Å². The number of hydrogen-bond donors (Lipinski definition) is 3. The number of amides is 3. The molecule has 0 unspecified atom stereocenters. The number of benzene rings is 1. The van der Waals surface area contributed by atoms with Crippen LogP contribution in [0, 0.1) is 11.3 Å². The fourth-order valence-corrected chi connectivity index (χ4v) is 4.86. The molecule has 2 saturated carbocycles. The van der Waals surface area contributed by atoms with Crippen LogP contribution in [0.15, 0.2) is 24.3 Å². The number of carbonyl (C=O) groups excluding carboxylic acids is 3. The fourth-order valence-electron chi connectivity index (χ4n) is 4.86. The van der Waals surface area contributed by atoms with E-state index in [0.717, 1.165) is 57.8 Å². The van der Waals surface area contributed by atoms with Crippen LogP contribution in [-0.4, -0.2) is 29.8 Å². The molecule has 0 radical (unpaired) electrons. The first-order valence-electron chi connectivity index (χ1n) is 11.8. The highest BCUT2D eigenvalue weighted by Crippen LogP contribution is 2.40. The highest BCUT2D eigenvalue weighted by molar-refractivity contribution is 6.40. The molecule has 0 bridgehead atoms. The molecule has 2 aliphatic carbocycles. The van der Waals surface area contributed by atoms with Crippen LogP contribution in [0.2, 0.25) is 0 Å². The Morgan fingerprint density at radius 1 is 0.871 bits per heavy atom. The molecule has 0 aliphatic heterocycles. The van der Waals surface area contributed by atoms with Gasteiger partial charge < -0.3 is 16.0 Å². The molecule has 2 fully saturated rings. The molecule has 2 aliphatic rings. The van der Waals surface area contributed by atoms with Gasteiger partial charge in [-0.25, -0.2) is 0 Å². The normalized spacial score (nSPS) is 22.0. The lowest BCUT2D eigenvalue weighted by Crippen LogP contribution is -2.44. The molecule has 3 N–H and O–H groups in total. The quantitative estimate of drug-likeness (QED) is 0.588. The Bertz CT molecular complexity index is 791. The standard InChI is InChI=1S/C25H37N3O3/c1-4-25(2,3)17-13-15-19(16-14-17)27-23(30)24(31)28-21-12-8-7-11-20(21)22(29)26-18-9-5-6-10-18/h7-8,11-12,17-19H,4-6,9-10,13-16H2,1-3H3,(H,26,29)(H,27,30)(H,28,31). The predicted molar refractivity (Wildman–Crippen MR) is 123 cm³/mol. The van der Waals surface area contributed by atoms with Crippen molar-refractivity contribution < 1.29 is 14.4 Å². The van der Waals surface area contributed by atoms with Crippen molar-refractivity contribution in [3.05, 3.63) is 29.8 Å². The van der Waals surface area contributed by atoms with Crippen molar-refractivity contribution in [3.63, 3.8) is 0 Å². The monoisotopic (exact) mass is 427 g/mol. The Morgan fingerprint density at radius 2 is 1.48 bits per heavy atom. The number of nitrogens with one attached hydrogen (secondary N) is 3. The lowest BCUT2D eigenvalue weighted by molar-refractivity contribution is -0.136. The third-order valence-corrected chi connectivity index (χ3v) is 7.40. The predicted octanol–water partition coefficient (Wildman–Crippen LogP) is 4.41. The van der Waals surface area contributed by atoms with Crippen molar-refractivity contribution in [2.45, 2.75) is 90.6 Å². The van der Waals surface area contributed by atoms with Crippen LogP contribution < -0.4 is 16.0 Å². The smallest absolute Gasteiger partial charge is 0.313 e. The summed E-state index contributed by atoms with van der Waals surface area (Å²) in [6.07, 6.45) is 9.30. The minimum absolute atomic E-state index is 0.0306. The number of hydrogen-bond acceptors (Lipinski definition) is 3. The zero-order valence-corrected chi connectivity index (χ0v) is 19.1. The van der Waals surface area contributed by atoms with Crippen molar-refractivity contribution in [2.24, 2.45) is 11.3 Å². The van der Waals surface area contributed by atoms with E-state index < -0.39 is 11.8 Å². The van der Waals surface area contributed by atoms with E-state index in [-0.39, 0.29) is 18.0 Å². The first-order chi connectivity index (χ1) is 14.8. The minimum Gasteiger partial charge on any atom is -0.349 e. The van der Waals surface area contributed by atoms with Crippen LogP contribution in [0.1, 0.15) is 88.9 Å². The van der Waals surface area contributed by atoms with Gasteiger partial charge in [-0.15, -0.1) is 0 Å². The SMILES string of the molecule is CCC(C)(C)C1CCC(NC(=O)C(=O)Nc2ccccc2C(=O)NC2CCCC2)CC1. The lowest BCUT2D eigenvalue weighted by Gasteiger charge is -2.39. The minimum atomic E-state index is -0.725. The molecule has 0 heterocycles.